The molecule has 0 radical (unpaired) electrons. The number of aromatic nitrogens is 3. The second kappa shape index (κ2) is 7.67. The maximum absolute atomic E-state index is 12.6. The van der Waals surface area contributed by atoms with E-state index in [9.17, 15) is 9.59 Å². The number of rotatable bonds is 4. The van der Waals surface area contributed by atoms with Crippen molar-refractivity contribution in [2.45, 2.75) is 18.9 Å². The number of hydrogen-bond donors (Lipinski definition) is 2. The normalized spacial score (nSPS) is 14.8. The number of carbonyl (C=O) groups is 2. The Morgan fingerprint density at radius 3 is 2.64 bits per heavy atom. The van der Waals surface area contributed by atoms with Gasteiger partial charge in [0, 0.05) is 37.2 Å². The first kappa shape index (κ1) is 18.0. The molecule has 0 spiro atoms. The minimum Gasteiger partial charge on any atom is -0.464 e. The molecule has 8 nitrogen and oxygen atoms in total. The second-order valence-electron chi connectivity index (χ2n) is 6.74. The van der Waals surface area contributed by atoms with Gasteiger partial charge in [0.25, 0.3) is 5.91 Å². The van der Waals surface area contributed by atoms with Gasteiger partial charge in [-0.1, -0.05) is 0 Å². The predicted octanol–water partition coefficient (Wildman–Crippen LogP) is 2.14. The van der Waals surface area contributed by atoms with E-state index >= 15 is 0 Å². The van der Waals surface area contributed by atoms with Crippen LogP contribution in [0.1, 0.15) is 33.8 Å². The third kappa shape index (κ3) is 3.66. The van der Waals surface area contributed by atoms with Crippen LogP contribution in [0.4, 0.5) is 5.69 Å². The van der Waals surface area contributed by atoms with E-state index in [4.69, 9.17) is 0 Å². The summed E-state index contributed by atoms with van der Waals surface area (Å²) in [7, 11) is 1.31. The third-order valence-corrected chi connectivity index (χ3v) is 4.97. The van der Waals surface area contributed by atoms with Crippen LogP contribution in [0.25, 0.3) is 11.0 Å². The topological polar surface area (TPSA) is 100 Å². The van der Waals surface area contributed by atoms with Crippen LogP contribution in [0.15, 0.2) is 42.7 Å². The molecule has 4 heterocycles. The molecule has 0 saturated carbocycles. The number of hydrogen-bond acceptors (Lipinski definition) is 6. The number of piperidine rings is 1. The van der Waals surface area contributed by atoms with Crippen LogP contribution in [0, 0.1) is 0 Å². The predicted molar refractivity (Wildman–Crippen MR) is 104 cm³/mol. The Bertz CT molecular complexity index is 994. The highest BCUT2D eigenvalue weighted by Crippen LogP contribution is 2.20. The summed E-state index contributed by atoms with van der Waals surface area (Å²) < 4.78 is 4.68. The van der Waals surface area contributed by atoms with Crippen molar-refractivity contribution in [1.29, 1.82) is 0 Å². The Balaban J connectivity index is 1.39. The number of carbonyl (C=O) groups excluding carboxylic acids is 2. The van der Waals surface area contributed by atoms with Crippen molar-refractivity contribution in [3.05, 3.63) is 54.1 Å². The van der Waals surface area contributed by atoms with Crippen LogP contribution in [-0.2, 0) is 4.74 Å². The number of aromatic amines is 1. The summed E-state index contributed by atoms with van der Waals surface area (Å²) in [6.45, 7) is 1.76. The van der Waals surface area contributed by atoms with Gasteiger partial charge >= 0.3 is 5.97 Å². The Morgan fingerprint density at radius 1 is 1.18 bits per heavy atom. The standard InChI is InChI=1S/C20H21N5O3/c1-28-20(27)16-3-2-15-17(24-16)12-18(23-15)19(26)22-13-6-10-25(11-7-13)14-4-8-21-9-5-14/h2-5,8-9,12-13,23H,6-7,10-11H2,1H3,(H,22,26). The van der Waals surface area contributed by atoms with E-state index in [0.29, 0.717) is 16.7 Å². The maximum atomic E-state index is 12.6. The molecule has 3 aromatic heterocycles. The van der Waals surface area contributed by atoms with E-state index < -0.39 is 5.97 Å². The zero-order valence-corrected chi connectivity index (χ0v) is 15.5. The summed E-state index contributed by atoms with van der Waals surface area (Å²) in [5.41, 5.74) is 3.05. The highest BCUT2D eigenvalue weighted by Gasteiger charge is 2.22. The first-order valence-corrected chi connectivity index (χ1v) is 9.18. The molecule has 3 aromatic rings. The van der Waals surface area contributed by atoms with Crippen molar-refractivity contribution < 1.29 is 14.3 Å². The van der Waals surface area contributed by atoms with Crippen LogP contribution < -0.4 is 10.2 Å². The number of fused-ring (bicyclic) bond motifs is 1. The Hall–Kier alpha value is -3.42. The Kier molecular flexibility index (Phi) is 4.92. The zero-order chi connectivity index (χ0) is 19.5. The summed E-state index contributed by atoms with van der Waals surface area (Å²) in [4.78, 5) is 37.9. The zero-order valence-electron chi connectivity index (χ0n) is 15.5. The van der Waals surface area contributed by atoms with Gasteiger partial charge in [-0.05, 0) is 43.2 Å². The lowest BCUT2D eigenvalue weighted by molar-refractivity contribution is 0.0594. The minimum absolute atomic E-state index is 0.121. The number of amides is 1. The molecule has 0 atom stereocenters. The van der Waals surface area contributed by atoms with Gasteiger partial charge in [0.1, 0.15) is 11.4 Å². The number of nitrogens with one attached hydrogen (secondary N) is 2. The average Bonchev–Trinajstić information content (AvgIpc) is 3.18. The smallest absolute Gasteiger partial charge is 0.356 e. The number of ether oxygens (including phenoxy) is 1. The van der Waals surface area contributed by atoms with E-state index in [-0.39, 0.29) is 17.6 Å². The van der Waals surface area contributed by atoms with Crippen LogP contribution in [-0.4, -0.2) is 53.1 Å². The van der Waals surface area contributed by atoms with Gasteiger partial charge in [0.2, 0.25) is 0 Å². The van der Waals surface area contributed by atoms with Crippen LogP contribution in [0.3, 0.4) is 0 Å². The van der Waals surface area contributed by atoms with Crippen molar-refractivity contribution in [3.63, 3.8) is 0 Å². The first-order chi connectivity index (χ1) is 13.6. The molecule has 1 fully saturated rings. The lowest BCUT2D eigenvalue weighted by Crippen LogP contribution is -2.44. The molecular weight excluding hydrogens is 358 g/mol. The van der Waals surface area contributed by atoms with E-state index in [2.05, 4.69) is 29.9 Å². The molecule has 0 aromatic carbocycles. The molecule has 4 rings (SSSR count). The van der Waals surface area contributed by atoms with Gasteiger partial charge in [-0.15, -0.1) is 0 Å². The third-order valence-electron chi connectivity index (χ3n) is 4.97. The molecule has 8 heteroatoms. The van der Waals surface area contributed by atoms with Crippen molar-refractivity contribution in [2.75, 3.05) is 25.1 Å². The van der Waals surface area contributed by atoms with E-state index in [1.54, 1.807) is 30.6 Å². The fraction of sp³-hybridized carbons (Fsp3) is 0.300. The van der Waals surface area contributed by atoms with Gasteiger partial charge in [-0.3, -0.25) is 9.78 Å². The Morgan fingerprint density at radius 2 is 1.93 bits per heavy atom. The van der Waals surface area contributed by atoms with Gasteiger partial charge in [-0.25, -0.2) is 9.78 Å². The number of nitrogens with zero attached hydrogens (tertiary/aromatic N) is 3. The van der Waals surface area contributed by atoms with E-state index in [0.717, 1.165) is 31.6 Å². The number of H-pyrrole nitrogens is 1. The molecular formula is C20H21N5O3. The van der Waals surface area contributed by atoms with Crippen molar-refractivity contribution >= 4 is 28.6 Å². The fourth-order valence-electron chi connectivity index (χ4n) is 3.45. The largest absolute Gasteiger partial charge is 0.464 e. The molecule has 1 saturated heterocycles. The molecule has 144 valence electrons. The minimum atomic E-state index is -0.505. The summed E-state index contributed by atoms with van der Waals surface area (Å²) in [5, 5.41) is 3.09. The number of pyridine rings is 2. The first-order valence-electron chi connectivity index (χ1n) is 9.18. The number of methoxy groups -OCH3 is 1. The quantitative estimate of drug-likeness (QED) is 0.674. The lowest BCUT2D eigenvalue weighted by atomic mass is 10.0. The molecule has 1 aliphatic rings. The van der Waals surface area contributed by atoms with Gasteiger partial charge in [0.05, 0.1) is 18.1 Å². The molecule has 2 N–H and O–H groups in total. The molecule has 1 amide bonds. The summed E-state index contributed by atoms with van der Waals surface area (Å²) in [6.07, 6.45) is 5.33. The SMILES string of the molecule is COC(=O)c1ccc2[nH]c(C(=O)NC3CCN(c4ccncc4)CC3)cc2n1. The van der Waals surface area contributed by atoms with E-state index in [1.165, 1.54) is 7.11 Å². The molecule has 0 bridgehead atoms. The molecule has 1 aliphatic heterocycles. The molecule has 0 unspecified atom stereocenters. The summed E-state index contributed by atoms with van der Waals surface area (Å²) in [6, 6.07) is 9.07. The van der Waals surface area contributed by atoms with Crippen LogP contribution >= 0.6 is 0 Å². The Labute approximate surface area is 161 Å². The van der Waals surface area contributed by atoms with Crippen molar-refractivity contribution in [3.8, 4) is 0 Å². The molecule has 28 heavy (non-hydrogen) atoms. The highest BCUT2D eigenvalue weighted by molar-refractivity contribution is 5.98. The highest BCUT2D eigenvalue weighted by atomic mass is 16.5. The summed E-state index contributed by atoms with van der Waals surface area (Å²) in [5.74, 6) is -0.671. The van der Waals surface area contributed by atoms with Crippen LogP contribution in [0.2, 0.25) is 0 Å². The monoisotopic (exact) mass is 379 g/mol. The van der Waals surface area contributed by atoms with Crippen LogP contribution in [0.5, 0.6) is 0 Å². The van der Waals surface area contributed by atoms with Gasteiger partial charge in [-0.2, -0.15) is 0 Å². The number of esters is 1. The summed E-state index contributed by atoms with van der Waals surface area (Å²) >= 11 is 0. The van der Waals surface area contributed by atoms with E-state index in [1.807, 2.05) is 12.1 Å². The lowest BCUT2D eigenvalue weighted by Gasteiger charge is -2.33. The van der Waals surface area contributed by atoms with Crippen molar-refractivity contribution in [2.24, 2.45) is 0 Å². The maximum Gasteiger partial charge on any atom is 0.356 e. The van der Waals surface area contributed by atoms with Gasteiger partial charge < -0.3 is 19.9 Å². The fourth-order valence-corrected chi connectivity index (χ4v) is 3.45. The second-order valence-corrected chi connectivity index (χ2v) is 6.74. The molecule has 0 aliphatic carbocycles. The average molecular weight is 379 g/mol. The van der Waals surface area contributed by atoms with Gasteiger partial charge in [0.15, 0.2) is 0 Å². The number of anilines is 1. The van der Waals surface area contributed by atoms with Crippen molar-refractivity contribution in [1.82, 2.24) is 20.3 Å².